The molecule has 0 saturated heterocycles. The molecule has 0 atom stereocenters. The topological polar surface area (TPSA) is 30.2 Å². The van der Waals surface area contributed by atoms with Crippen LogP contribution in [0.1, 0.15) is 0 Å². The van der Waals surface area contributed by atoms with Crippen LogP contribution in [0.25, 0.3) is 128 Å². The molecule has 13 rings (SSSR count). The first kappa shape index (κ1) is 38.5. The van der Waals surface area contributed by atoms with Gasteiger partial charge in [0.25, 0.3) is 0 Å². The van der Waals surface area contributed by atoms with Gasteiger partial charge in [-0.15, -0.1) is 0 Å². The molecule has 0 radical (unpaired) electrons. The smallest absolute Gasteiger partial charge is 0.160 e. The minimum atomic E-state index is 0.700. The largest absolute Gasteiger partial charge is 0.308 e. The molecule has 0 amide bonds. The number of hydrogen-bond acceptors (Lipinski definition) is 2. The Morgan fingerprint density at radius 1 is 0.224 bits per heavy atom. The van der Waals surface area contributed by atoms with Crippen molar-refractivity contribution in [3.8, 4) is 89.5 Å². The van der Waals surface area contributed by atoms with Crippen molar-refractivity contribution in [3.63, 3.8) is 0 Å². The van der Waals surface area contributed by atoms with E-state index >= 15 is 0 Å². The Kier molecular flexibility index (Phi) is 9.17. The lowest BCUT2D eigenvalue weighted by molar-refractivity contribution is 1.18. The fraction of sp³-hybridized carbons (Fsp3) is 0. The van der Waals surface area contributed by atoms with Crippen LogP contribution in [-0.4, -0.2) is 14.4 Å². The fourth-order valence-electron chi connectivity index (χ4n) is 10.0. The molecule has 0 spiro atoms. The highest BCUT2D eigenvalue weighted by Crippen LogP contribution is 2.42. The highest BCUT2D eigenvalue weighted by molar-refractivity contribution is 6.23. The maximum Gasteiger partial charge on any atom is 0.160 e. The van der Waals surface area contributed by atoms with E-state index in [1.54, 1.807) is 0 Å². The second-order valence-electron chi connectivity index (χ2n) is 17.4. The Bertz CT molecular complexity index is 3910. The second-order valence-corrected chi connectivity index (χ2v) is 17.4. The Morgan fingerprint density at radius 3 is 0.985 bits per heavy atom. The van der Waals surface area contributed by atoms with Crippen LogP contribution >= 0.6 is 0 Å². The maximum atomic E-state index is 5.11. The quantitative estimate of drug-likeness (QED) is 0.152. The zero-order valence-electron chi connectivity index (χ0n) is 36.5. The Balaban J connectivity index is 0.863. The molecule has 3 aromatic heterocycles. The number of para-hydroxylation sites is 1. The minimum absolute atomic E-state index is 0.700. The van der Waals surface area contributed by atoms with Gasteiger partial charge in [-0.1, -0.05) is 206 Å². The molecule has 0 aliphatic heterocycles. The number of benzene rings is 10. The Morgan fingerprint density at radius 2 is 0.552 bits per heavy atom. The lowest BCUT2D eigenvalue weighted by atomic mass is 9.95. The average molecular weight is 852 g/mol. The minimum Gasteiger partial charge on any atom is -0.308 e. The summed E-state index contributed by atoms with van der Waals surface area (Å²) in [6, 6.07) is 89.4. The highest BCUT2D eigenvalue weighted by atomic mass is 14.9. The van der Waals surface area contributed by atoms with Crippen molar-refractivity contribution in [2.24, 2.45) is 0 Å². The van der Waals surface area contributed by atoms with Crippen LogP contribution in [0.4, 0.5) is 0 Å². The van der Waals surface area contributed by atoms with Gasteiger partial charge in [0, 0.05) is 38.2 Å². The third-order valence-electron chi connectivity index (χ3n) is 13.3. The lowest BCUT2D eigenvalue weighted by Crippen LogP contribution is -1.96. The van der Waals surface area contributed by atoms with Gasteiger partial charge >= 0.3 is 0 Å². The van der Waals surface area contributed by atoms with Gasteiger partial charge < -0.3 is 4.40 Å². The summed E-state index contributed by atoms with van der Waals surface area (Å²) in [7, 11) is 0. The first-order valence-electron chi connectivity index (χ1n) is 22.9. The van der Waals surface area contributed by atoms with Crippen LogP contribution < -0.4 is 0 Å². The van der Waals surface area contributed by atoms with E-state index in [2.05, 4.69) is 241 Å². The number of aromatic nitrogens is 3. The molecule has 3 heteroatoms. The third-order valence-corrected chi connectivity index (χ3v) is 13.3. The molecule has 0 fully saturated rings. The zero-order valence-corrected chi connectivity index (χ0v) is 36.5. The van der Waals surface area contributed by atoms with Crippen LogP contribution in [0.3, 0.4) is 0 Å². The van der Waals surface area contributed by atoms with E-state index < -0.39 is 0 Å². The molecule has 0 aliphatic rings. The average Bonchev–Trinajstić information content (AvgIpc) is 3.93. The molecule has 0 N–H and O–H groups in total. The van der Waals surface area contributed by atoms with Crippen molar-refractivity contribution in [2.45, 2.75) is 0 Å². The van der Waals surface area contributed by atoms with Gasteiger partial charge in [0.15, 0.2) is 5.82 Å². The predicted octanol–water partition coefficient (Wildman–Crippen LogP) is 17.0. The molecule has 0 saturated carbocycles. The molecule has 0 bridgehead atoms. The maximum absolute atomic E-state index is 5.11. The molecule has 67 heavy (non-hydrogen) atoms. The van der Waals surface area contributed by atoms with Gasteiger partial charge in [0.05, 0.1) is 27.9 Å². The van der Waals surface area contributed by atoms with Gasteiger partial charge in [0.2, 0.25) is 0 Å². The molecule has 3 nitrogen and oxygen atoms in total. The van der Waals surface area contributed by atoms with Gasteiger partial charge in [-0.25, -0.2) is 9.97 Å². The van der Waals surface area contributed by atoms with Crippen molar-refractivity contribution in [3.05, 3.63) is 249 Å². The lowest BCUT2D eigenvalue weighted by Gasteiger charge is -2.11. The van der Waals surface area contributed by atoms with Crippen molar-refractivity contribution in [1.29, 1.82) is 0 Å². The van der Waals surface area contributed by atoms with Crippen molar-refractivity contribution >= 4 is 38.1 Å². The second kappa shape index (κ2) is 16.0. The monoisotopic (exact) mass is 851 g/mol. The first-order valence-corrected chi connectivity index (χ1v) is 22.9. The van der Waals surface area contributed by atoms with Gasteiger partial charge in [-0.2, -0.15) is 0 Å². The van der Waals surface area contributed by atoms with Crippen LogP contribution in [0.5, 0.6) is 0 Å². The number of nitrogens with zero attached hydrogens (tertiary/aromatic N) is 3. The standard InChI is InChI=1S/C64H41N3/c1-4-15-42(16-5-1)45-21-10-25-49(35-45)52-31-33-55-57-29-14-30-58-56-34-32-53(40-62(56)67(63(57)58)61(55)39-52)50-26-12-23-47(37-50)46-22-11-24-48(36-46)51-27-13-28-54(38-51)64-65-59(43-17-6-2-7-18-43)41-60(66-64)44-19-8-3-9-20-44/h1-41H. The predicted molar refractivity (Wildman–Crippen MR) is 280 cm³/mol. The first-order chi connectivity index (χ1) is 33.2. The molecule has 3 heterocycles. The summed E-state index contributed by atoms with van der Waals surface area (Å²) in [6.07, 6.45) is 0. The Hall–Kier alpha value is -8.92. The summed E-state index contributed by atoms with van der Waals surface area (Å²) in [5.74, 6) is 0.700. The van der Waals surface area contributed by atoms with Crippen molar-refractivity contribution < 1.29 is 0 Å². The van der Waals surface area contributed by atoms with E-state index in [0.717, 1.165) is 44.8 Å². The normalized spacial score (nSPS) is 11.6. The van der Waals surface area contributed by atoms with Crippen LogP contribution in [0, 0.1) is 0 Å². The van der Waals surface area contributed by atoms with Crippen molar-refractivity contribution in [2.75, 3.05) is 0 Å². The SMILES string of the molecule is c1ccc(-c2cccc(-c3ccc4c5cccc6c7ccc(-c8cccc(-c9cccc(-c%10cccc(-c%11nc(-c%12ccccc%12)cc(-c%12ccccc%12)n%11)c%10)c9)c8)cc7n(c4c3)c56)c2)cc1. The van der Waals surface area contributed by atoms with Gasteiger partial charge in [0.1, 0.15) is 0 Å². The summed E-state index contributed by atoms with van der Waals surface area (Å²) >= 11 is 0. The van der Waals surface area contributed by atoms with Gasteiger partial charge in [-0.3, -0.25) is 0 Å². The summed E-state index contributed by atoms with van der Waals surface area (Å²) in [4.78, 5) is 10.2. The van der Waals surface area contributed by atoms with E-state index in [1.165, 1.54) is 77.0 Å². The summed E-state index contributed by atoms with van der Waals surface area (Å²) < 4.78 is 2.50. The highest BCUT2D eigenvalue weighted by Gasteiger charge is 2.19. The van der Waals surface area contributed by atoms with Gasteiger partial charge in [-0.05, 0) is 98.1 Å². The number of rotatable bonds is 8. The zero-order chi connectivity index (χ0) is 44.3. The van der Waals surface area contributed by atoms with Crippen LogP contribution in [-0.2, 0) is 0 Å². The van der Waals surface area contributed by atoms with E-state index in [1.807, 2.05) is 12.1 Å². The molecule has 10 aromatic carbocycles. The van der Waals surface area contributed by atoms with E-state index in [0.29, 0.717) is 5.82 Å². The molecule has 0 aliphatic carbocycles. The van der Waals surface area contributed by atoms with Crippen LogP contribution in [0.2, 0.25) is 0 Å². The summed E-state index contributed by atoms with van der Waals surface area (Å²) in [5.41, 5.74) is 20.4. The molecular formula is C64H41N3. The third kappa shape index (κ3) is 6.84. The van der Waals surface area contributed by atoms with Crippen molar-refractivity contribution in [1.82, 2.24) is 14.4 Å². The van der Waals surface area contributed by atoms with E-state index in [9.17, 15) is 0 Å². The van der Waals surface area contributed by atoms with Crippen LogP contribution in [0.15, 0.2) is 249 Å². The fourth-order valence-corrected chi connectivity index (χ4v) is 10.0. The number of fused-ring (bicyclic) bond motifs is 6. The molecule has 13 aromatic rings. The molecule has 312 valence electrons. The molecular weight excluding hydrogens is 811 g/mol. The van der Waals surface area contributed by atoms with E-state index in [4.69, 9.17) is 9.97 Å². The number of hydrogen-bond donors (Lipinski definition) is 0. The Labute approximate surface area is 388 Å². The summed E-state index contributed by atoms with van der Waals surface area (Å²) in [5, 5.41) is 5.10. The van der Waals surface area contributed by atoms with E-state index in [-0.39, 0.29) is 0 Å². The summed E-state index contributed by atoms with van der Waals surface area (Å²) in [6.45, 7) is 0. The molecule has 0 unspecified atom stereocenters.